The third-order valence-corrected chi connectivity index (χ3v) is 3.85. The monoisotopic (exact) mass is 303 g/mol. The van der Waals surface area contributed by atoms with E-state index in [0.717, 1.165) is 21.1 Å². The molecule has 0 spiro atoms. The number of urea groups is 1. The van der Waals surface area contributed by atoms with E-state index in [9.17, 15) is 14.4 Å². The van der Waals surface area contributed by atoms with E-state index in [1.807, 2.05) is 23.9 Å². The number of rotatable bonds is 1. The summed E-state index contributed by atoms with van der Waals surface area (Å²) in [5.41, 5.74) is 1.82. The highest BCUT2D eigenvalue weighted by Crippen LogP contribution is 2.26. The molecule has 0 atom stereocenters. The van der Waals surface area contributed by atoms with E-state index < -0.39 is 17.8 Å². The second-order valence-corrected chi connectivity index (χ2v) is 6.58. The molecule has 1 aliphatic rings. The number of hydrogen-bond acceptors (Lipinski definition) is 3. The highest BCUT2D eigenvalue weighted by Gasteiger charge is 2.38. The van der Waals surface area contributed by atoms with Crippen LogP contribution in [0.1, 0.15) is 32.0 Å². The average Bonchev–Trinajstić information content (AvgIpc) is 2.80. The Balaban J connectivity index is 2.48. The van der Waals surface area contributed by atoms with Gasteiger partial charge in [0.2, 0.25) is 0 Å². The van der Waals surface area contributed by atoms with Crippen LogP contribution >= 0.6 is 0 Å². The summed E-state index contributed by atoms with van der Waals surface area (Å²) in [6.45, 7) is 6.28. The van der Waals surface area contributed by atoms with Gasteiger partial charge in [-0.1, -0.05) is 20.8 Å². The van der Waals surface area contributed by atoms with Crippen molar-refractivity contribution in [3.05, 3.63) is 29.1 Å². The van der Waals surface area contributed by atoms with Crippen LogP contribution in [-0.2, 0) is 22.1 Å². The lowest BCUT2D eigenvalue weighted by atomic mass is 9.89. The molecule has 0 unspecified atom stereocenters. The fourth-order valence-electron chi connectivity index (χ4n) is 2.26. The highest BCUT2D eigenvalue weighted by atomic mass is 16.2. The molecular weight excluding hydrogens is 282 g/mol. The van der Waals surface area contributed by atoms with Gasteiger partial charge in [-0.25, -0.2) is 4.79 Å². The van der Waals surface area contributed by atoms with Gasteiger partial charge in [-0.15, -0.1) is 0 Å². The Kier molecular flexibility index (Phi) is 3.73. The molecule has 1 aromatic rings. The Morgan fingerprint density at radius 3 is 1.86 bits per heavy atom. The fraction of sp³-hybridized carbons (Fsp3) is 0.438. The van der Waals surface area contributed by atoms with E-state index in [4.69, 9.17) is 0 Å². The number of hydrogen-bond donors (Lipinski definition) is 0. The summed E-state index contributed by atoms with van der Waals surface area (Å²) in [5, 5.41) is 0. The molecular formula is C16H21N3O3. The van der Waals surface area contributed by atoms with E-state index in [1.165, 1.54) is 14.1 Å². The number of aromatic nitrogens is 1. The largest absolute Gasteiger partial charge is 0.351 e. The number of likely N-dealkylation sites (N-methyl/N-ethyl adjacent to an activating group) is 2. The van der Waals surface area contributed by atoms with E-state index in [1.54, 1.807) is 6.08 Å². The Bertz CT molecular complexity index is 666. The van der Waals surface area contributed by atoms with E-state index in [-0.39, 0.29) is 11.0 Å². The number of aryl methyl sites for hydroxylation is 1. The van der Waals surface area contributed by atoms with Crippen LogP contribution in [0.4, 0.5) is 4.79 Å². The molecule has 0 aromatic carbocycles. The normalized spacial score (nSPS) is 16.6. The Morgan fingerprint density at radius 2 is 1.45 bits per heavy atom. The smallest absolute Gasteiger partial charge is 0.333 e. The van der Waals surface area contributed by atoms with Crippen LogP contribution in [0.25, 0.3) is 6.08 Å². The SMILES string of the molecule is CN1C(=O)C(=Cc2cc(C(C)(C)C)cn2C)C(=O)N(C)C1=O. The van der Waals surface area contributed by atoms with Crippen molar-refractivity contribution >= 4 is 23.9 Å². The first-order valence-corrected chi connectivity index (χ1v) is 7.02. The minimum Gasteiger partial charge on any atom is -0.351 e. The minimum atomic E-state index is -0.616. The summed E-state index contributed by atoms with van der Waals surface area (Å²) in [7, 11) is 4.60. The second-order valence-electron chi connectivity index (χ2n) is 6.58. The molecule has 1 aromatic heterocycles. The number of carbonyl (C=O) groups excluding carboxylic acids is 3. The van der Waals surface area contributed by atoms with Gasteiger partial charge >= 0.3 is 6.03 Å². The van der Waals surface area contributed by atoms with Gasteiger partial charge in [0, 0.05) is 33.0 Å². The molecule has 22 heavy (non-hydrogen) atoms. The number of carbonyl (C=O) groups is 3. The molecule has 0 aliphatic carbocycles. The van der Waals surface area contributed by atoms with Crippen LogP contribution in [-0.4, -0.2) is 46.3 Å². The molecule has 0 saturated carbocycles. The van der Waals surface area contributed by atoms with Gasteiger partial charge in [0.15, 0.2) is 0 Å². The summed E-state index contributed by atoms with van der Waals surface area (Å²) >= 11 is 0. The zero-order chi connectivity index (χ0) is 16.8. The predicted molar refractivity (Wildman–Crippen MR) is 83.0 cm³/mol. The Hall–Kier alpha value is -2.37. The second kappa shape index (κ2) is 5.12. The predicted octanol–water partition coefficient (Wildman–Crippen LogP) is 1.76. The molecule has 0 radical (unpaired) electrons. The lowest BCUT2D eigenvalue weighted by molar-refractivity contribution is -0.134. The maximum atomic E-state index is 12.2. The quantitative estimate of drug-likeness (QED) is 0.586. The van der Waals surface area contributed by atoms with Crippen molar-refractivity contribution in [1.82, 2.24) is 14.4 Å². The summed E-state index contributed by atoms with van der Waals surface area (Å²) in [5.74, 6) is -1.15. The van der Waals surface area contributed by atoms with Crippen molar-refractivity contribution < 1.29 is 14.4 Å². The summed E-state index contributed by atoms with van der Waals surface area (Å²) in [6, 6.07) is 1.33. The topological polar surface area (TPSA) is 62.6 Å². The molecule has 4 amide bonds. The average molecular weight is 303 g/mol. The van der Waals surface area contributed by atoms with Gasteiger partial charge in [0.1, 0.15) is 5.57 Å². The first kappa shape index (κ1) is 16.0. The molecule has 118 valence electrons. The maximum Gasteiger partial charge on any atom is 0.333 e. The summed E-state index contributed by atoms with van der Waals surface area (Å²) in [4.78, 5) is 38.0. The van der Waals surface area contributed by atoms with Crippen LogP contribution in [0.3, 0.4) is 0 Å². The number of amides is 4. The number of imide groups is 2. The fourth-order valence-corrected chi connectivity index (χ4v) is 2.26. The molecule has 1 fully saturated rings. The zero-order valence-electron chi connectivity index (χ0n) is 13.8. The van der Waals surface area contributed by atoms with Crippen LogP contribution in [0.15, 0.2) is 17.8 Å². The van der Waals surface area contributed by atoms with Gasteiger partial charge in [-0.2, -0.15) is 0 Å². The standard InChI is InChI=1S/C16H21N3O3/c1-16(2,3)10-7-11(17(4)9-10)8-12-13(20)18(5)15(22)19(6)14(12)21/h7-9H,1-6H3. The van der Waals surface area contributed by atoms with Crippen molar-refractivity contribution in [2.45, 2.75) is 26.2 Å². The van der Waals surface area contributed by atoms with Crippen molar-refractivity contribution in [2.24, 2.45) is 7.05 Å². The summed E-state index contributed by atoms with van der Waals surface area (Å²) in [6.07, 6.45) is 3.52. The van der Waals surface area contributed by atoms with E-state index in [2.05, 4.69) is 20.8 Å². The van der Waals surface area contributed by atoms with Crippen molar-refractivity contribution in [2.75, 3.05) is 14.1 Å². The van der Waals surface area contributed by atoms with Gasteiger partial charge in [-0.05, 0) is 23.1 Å². The Morgan fingerprint density at radius 1 is 0.955 bits per heavy atom. The molecule has 2 rings (SSSR count). The number of nitrogens with zero attached hydrogens (tertiary/aromatic N) is 3. The summed E-state index contributed by atoms with van der Waals surface area (Å²) < 4.78 is 1.87. The minimum absolute atomic E-state index is 0.00809. The van der Waals surface area contributed by atoms with Gasteiger partial charge < -0.3 is 4.57 Å². The highest BCUT2D eigenvalue weighted by molar-refractivity contribution is 6.30. The molecule has 0 bridgehead atoms. The van der Waals surface area contributed by atoms with Crippen LogP contribution < -0.4 is 0 Å². The maximum absolute atomic E-state index is 12.2. The third-order valence-electron chi connectivity index (χ3n) is 3.85. The van der Waals surface area contributed by atoms with Crippen LogP contribution in [0, 0.1) is 0 Å². The van der Waals surface area contributed by atoms with Crippen molar-refractivity contribution in [3.63, 3.8) is 0 Å². The molecule has 1 saturated heterocycles. The first-order chi connectivity index (χ1) is 10.0. The molecule has 2 heterocycles. The molecule has 6 heteroatoms. The molecule has 0 N–H and O–H groups in total. The first-order valence-electron chi connectivity index (χ1n) is 7.02. The molecule has 1 aliphatic heterocycles. The zero-order valence-corrected chi connectivity index (χ0v) is 13.8. The van der Waals surface area contributed by atoms with E-state index >= 15 is 0 Å². The Labute approximate surface area is 130 Å². The number of barbiturate groups is 1. The van der Waals surface area contributed by atoms with Crippen LogP contribution in [0.2, 0.25) is 0 Å². The van der Waals surface area contributed by atoms with Crippen molar-refractivity contribution in [1.29, 1.82) is 0 Å². The lowest BCUT2D eigenvalue weighted by Crippen LogP contribution is -2.52. The van der Waals surface area contributed by atoms with Crippen molar-refractivity contribution in [3.8, 4) is 0 Å². The third kappa shape index (κ3) is 2.56. The van der Waals surface area contributed by atoms with Gasteiger partial charge in [0.25, 0.3) is 11.8 Å². The van der Waals surface area contributed by atoms with E-state index in [0.29, 0.717) is 0 Å². The lowest BCUT2D eigenvalue weighted by Gasteiger charge is -2.28. The van der Waals surface area contributed by atoms with Gasteiger partial charge in [-0.3, -0.25) is 19.4 Å². The van der Waals surface area contributed by atoms with Gasteiger partial charge in [0.05, 0.1) is 0 Å². The van der Waals surface area contributed by atoms with Crippen LogP contribution in [0.5, 0.6) is 0 Å². The molecule has 6 nitrogen and oxygen atoms in total.